The van der Waals surface area contributed by atoms with Crippen molar-refractivity contribution in [2.45, 2.75) is 13.8 Å². The van der Waals surface area contributed by atoms with Crippen LogP contribution in [0.15, 0.2) is 35.9 Å². The normalized spacial score (nSPS) is 16.7. The number of amides is 2. The molecule has 4 nitrogen and oxygen atoms in total. The maximum atomic E-state index is 12.9. The molecule has 0 spiro atoms. The summed E-state index contributed by atoms with van der Waals surface area (Å²) in [6, 6.07) is 9.10. The maximum Gasteiger partial charge on any atom is 0.270 e. The van der Waals surface area contributed by atoms with E-state index in [0.29, 0.717) is 10.0 Å². The van der Waals surface area contributed by atoms with Crippen molar-refractivity contribution in [3.63, 3.8) is 0 Å². The molecule has 2 aromatic rings. The van der Waals surface area contributed by atoms with Crippen LogP contribution in [0, 0.1) is 13.8 Å². The SMILES string of the molecule is Cc1cccc(N2C(=O)/C(=C/c3ccc(Cl)s3)C(=O)NC2=S)c1C. The number of halogens is 1. The number of carbonyl (C=O) groups is 2. The first-order chi connectivity index (χ1) is 11.4. The molecule has 0 atom stereocenters. The Kier molecular flexibility index (Phi) is 4.54. The van der Waals surface area contributed by atoms with E-state index in [4.69, 9.17) is 23.8 Å². The highest BCUT2D eigenvalue weighted by Crippen LogP contribution is 2.28. The van der Waals surface area contributed by atoms with E-state index < -0.39 is 11.8 Å². The monoisotopic (exact) mass is 376 g/mol. The molecule has 2 amide bonds. The summed E-state index contributed by atoms with van der Waals surface area (Å²) in [6.45, 7) is 3.87. The number of nitrogens with zero attached hydrogens (tertiary/aromatic N) is 1. The minimum absolute atomic E-state index is 0.0306. The third kappa shape index (κ3) is 3.00. The molecule has 1 aliphatic heterocycles. The fraction of sp³-hybridized carbons (Fsp3) is 0.118. The fourth-order valence-electron chi connectivity index (χ4n) is 2.40. The molecular weight excluding hydrogens is 364 g/mol. The van der Waals surface area contributed by atoms with Crippen molar-refractivity contribution in [2.75, 3.05) is 4.90 Å². The van der Waals surface area contributed by atoms with Crippen LogP contribution < -0.4 is 10.2 Å². The Labute approximate surface area is 153 Å². The first-order valence-electron chi connectivity index (χ1n) is 7.11. The van der Waals surface area contributed by atoms with Crippen LogP contribution in [0.5, 0.6) is 0 Å². The fourth-order valence-corrected chi connectivity index (χ4v) is 3.68. The van der Waals surface area contributed by atoms with Gasteiger partial charge in [0.15, 0.2) is 5.11 Å². The van der Waals surface area contributed by atoms with Crippen molar-refractivity contribution in [2.24, 2.45) is 0 Å². The molecular formula is C17H13ClN2O2S2. The summed E-state index contributed by atoms with van der Waals surface area (Å²) in [5.41, 5.74) is 2.67. The van der Waals surface area contributed by atoms with Gasteiger partial charge in [0.25, 0.3) is 11.8 Å². The Bertz CT molecular complexity index is 902. The topological polar surface area (TPSA) is 49.4 Å². The minimum atomic E-state index is -0.504. The van der Waals surface area contributed by atoms with Gasteiger partial charge in [0.05, 0.1) is 10.0 Å². The van der Waals surface area contributed by atoms with Crippen molar-refractivity contribution in [1.82, 2.24) is 5.32 Å². The molecule has 1 fully saturated rings. The molecule has 1 N–H and O–H groups in total. The van der Waals surface area contributed by atoms with Gasteiger partial charge >= 0.3 is 0 Å². The van der Waals surface area contributed by atoms with Gasteiger partial charge in [0.1, 0.15) is 5.57 Å². The molecule has 0 radical (unpaired) electrons. The summed E-state index contributed by atoms with van der Waals surface area (Å²) in [7, 11) is 0. The molecule has 24 heavy (non-hydrogen) atoms. The number of rotatable bonds is 2. The highest BCUT2D eigenvalue weighted by molar-refractivity contribution is 7.80. The predicted octanol–water partition coefficient (Wildman–Crippen LogP) is 3.85. The summed E-state index contributed by atoms with van der Waals surface area (Å²) in [4.78, 5) is 27.2. The van der Waals surface area contributed by atoms with Crippen molar-refractivity contribution < 1.29 is 9.59 Å². The van der Waals surface area contributed by atoms with E-state index in [1.165, 1.54) is 22.3 Å². The summed E-state index contributed by atoms with van der Waals surface area (Å²) < 4.78 is 0.590. The second-order valence-electron chi connectivity index (χ2n) is 5.32. The number of carbonyl (C=O) groups excluding carboxylic acids is 2. The van der Waals surface area contributed by atoms with Gasteiger partial charge in [-0.15, -0.1) is 11.3 Å². The lowest BCUT2D eigenvalue weighted by atomic mass is 10.1. The van der Waals surface area contributed by atoms with Crippen LogP contribution in [-0.4, -0.2) is 16.9 Å². The average Bonchev–Trinajstić information content (AvgIpc) is 2.93. The first-order valence-corrected chi connectivity index (χ1v) is 8.72. The third-order valence-corrected chi connectivity index (χ3v) is 5.26. The molecule has 1 aromatic heterocycles. The molecule has 1 saturated heterocycles. The van der Waals surface area contributed by atoms with Gasteiger partial charge in [-0.25, -0.2) is 0 Å². The van der Waals surface area contributed by atoms with E-state index in [9.17, 15) is 9.59 Å². The van der Waals surface area contributed by atoms with Gasteiger partial charge in [-0.2, -0.15) is 0 Å². The lowest BCUT2D eigenvalue weighted by Crippen LogP contribution is -2.54. The van der Waals surface area contributed by atoms with E-state index >= 15 is 0 Å². The molecule has 122 valence electrons. The smallest absolute Gasteiger partial charge is 0.270 e. The predicted molar refractivity (Wildman–Crippen MR) is 101 cm³/mol. The van der Waals surface area contributed by atoms with Crippen molar-refractivity contribution >= 4 is 63.8 Å². The summed E-state index contributed by atoms with van der Waals surface area (Å²) in [5, 5.41) is 2.67. The van der Waals surface area contributed by atoms with E-state index in [1.54, 1.807) is 12.1 Å². The van der Waals surface area contributed by atoms with E-state index in [2.05, 4.69) is 5.32 Å². The lowest BCUT2D eigenvalue weighted by molar-refractivity contribution is -0.122. The number of nitrogens with one attached hydrogen (secondary N) is 1. The zero-order valence-electron chi connectivity index (χ0n) is 12.9. The summed E-state index contributed by atoms with van der Waals surface area (Å²) >= 11 is 12.4. The van der Waals surface area contributed by atoms with Gasteiger partial charge in [-0.1, -0.05) is 23.7 Å². The Morgan fingerprint density at radius 2 is 1.96 bits per heavy atom. The average molecular weight is 377 g/mol. The van der Waals surface area contributed by atoms with Crippen LogP contribution in [-0.2, 0) is 9.59 Å². The standard InChI is InChI=1S/C17H13ClN2O2S2/c1-9-4-3-5-13(10(9)2)20-16(22)12(15(21)19-17(20)23)8-11-6-7-14(18)24-11/h3-8H,1-2H3,(H,19,21,23)/b12-8+. The van der Waals surface area contributed by atoms with Gasteiger partial charge in [-0.3, -0.25) is 19.8 Å². The lowest BCUT2D eigenvalue weighted by Gasteiger charge is -2.30. The molecule has 0 bridgehead atoms. The highest BCUT2D eigenvalue weighted by atomic mass is 35.5. The van der Waals surface area contributed by atoms with Crippen LogP contribution in [0.2, 0.25) is 4.34 Å². The van der Waals surface area contributed by atoms with E-state index in [1.807, 2.05) is 32.0 Å². The highest BCUT2D eigenvalue weighted by Gasteiger charge is 2.35. The van der Waals surface area contributed by atoms with Gasteiger partial charge in [-0.05, 0) is 61.5 Å². The van der Waals surface area contributed by atoms with Crippen molar-refractivity contribution in [3.05, 3.63) is 56.2 Å². The van der Waals surface area contributed by atoms with Crippen LogP contribution in [0.4, 0.5) is 5.69 Å². The number of hydrogen-bond donors (Lipinski definition) is 1. The van der Waals surface area contributed by atoms with Gasteiger partial charge < -0.3 is 0 Å². The zero-order chi connectivity index (χ0) is 17.4. The van der Waals surface area contributed by atoms with Crippen LogP contribution in [0.3, 0.4) is 0 Å². The maximum absolute atomic E-state index is 12.9. The van der Waals surface area contributed by atoms with Crippen LogP contribution >= 0.6 is 35.2 Å². The zero-order valence-corrected chi connectivity index (χ0v) is 15.3. The molecule has 7 heteroatoms. The number of hydrogen-bond acceptors (Lipinski definition) is 4. The minimum Gasteiger partial charge on any atom is -0.298 e. The summed E-state index contributed by atoms with van der Waals surface area (Å²) in [6.07, 6.45) is 1.54. The molecule has 1 aromatic carbocycles. The first kappa shape index (κ1) is 16.8. The number of aryl methyl sites for hydroxylation is 1. The Morgan fingerprint density at radius 1 is 1.21 bits per heavy atom. The van der Waals surface area contributed by atoms with Crippen LogP contribution in [0.1, 0.15) is 16.0 Å². The largest absolute Gasteiger partial charge is 0.298 e. The Morgan fingerprint density at radius 3 is 2.62 bits per heavy atom. The molecule has 3 rings (SSSR count). The number of anilines is 1. The molecule has 0 aliphatic carbocycles. The van der Waals surface area contributed by atoms with E-state index in [0.717, 1.165) is 16.0 Å². The Hall–Kier alpha value is -2.02. The van der Waals surface area contributed by atoms with Gasteiger partial charge in [0, 0.05) is 4.88 Å². The molecule has 0 saturated carbocycles. The number of benzene rings is 1. The van der Waals surface area contributed by atoms with Crippen molar-refractivity contribution in [1.29, 1.82) is 0 Å². The summed E-state index contributed by atoms with van der Waals surface area (Å²) in [5.74, 6) is -0.946. The quantitative estimate of drug-likeness (QED) is 0.492. The number of thiocarbonyl (C=S) groups is 1. The number of thiophene rings is 1. The van der Waals surface area contributed by atoms with E-state index in [-0.39, 0.29) is 10.7 Å². The Balaban J connectivity index is 2.06. The molecule has 1 aliphatic rings. The second kappa shape index (κ2) is 6.47. The molecule has 0 unspecified atom stereocenters. The van der Waals surface area contributed by atoms with Crippen LogP contribution in [0.25, 0.3) is 6.08 Å². The third-order valence-electron chi connectivity index (χ3n) is 3.80. The van der Waals surface area contributed by atoms with Gasteiger partial charge in [0.2, 0.25) is 0 Å². The molecule has 2 heterocycles. The van der Waals surface area contributed by atoms with Crippen molar-refractivity contribution in [3.8, 4) is 0 Å². The second-order valence-corrected chi connectivity index (χ2v) is 7.45.